The Kier molecular flexibility index (Phi) is 1.43. The van der Waals surface area contributed by atoms with Crippen molar-refractivity contribution in [2.75, 3.05) is 0 Å². The highest BCUT2D eigenvalue weighted by atomic mass is 16.3. The highest BCUT2D eigenvalue weighted by Crippen LogP contribution is 2.63. The van der Waals surface area contributed by atoms with Gasteiger partial charge in [0, 0.05) is 0 Å². The SMILES string of the molecule is CC12CCC(C1)C(C)(C)C2N=O. The minimum Gasteiger partial charge on any atom is -0.150 e. The zero-order valence-electron chi connectivity index (χ0n) is 8.13. The van der Waals surface area contributed by atoms with Crippen LogP contribution in [0.15, 0.2) is 5.18 Å². The summed E-state index contributed by atoms with van der Waals surface area (Å²) in [6.45, 7) is 6.64. The minimum atomic E-state index is 0.0590. The maximum absolute atomic E-state index is 10.8. The van der Waals surface area contributed by atoms with Crippen LogP contribution in [0.25, 0.3) is 0 Å². The van der Waals surface area contributed by atoms with Gasteiger partial charge in [0.2, 0.25) is 0 Å². The molecule has 2 bridgehead atoms. The lowest BCUT2D eigenvalue weighted by molar-refractivity contribution is 0.141. The fourth-order valence-corrected chi connectivity index (χ4v) is 3.54. The molecule has 0 aromatic carbocycles. The molecule has 12 heavy (non-hydrogen) atoms. The largest absolute Gasteiger partial charge is 0.150 e. The van der Waals surface area contributed by atoms with E-state index in [-0.39, 0.29) is 16.9 Å². The molecule has 2 nitrogen and oxygen atoms in total. The van der Waals surface area contributed by atoms with E-state index in [9.17, 15) is 4.91 Å². The predicted molar refractivity (Wildman–Crippen MR) is 48.8 cm³/mol. The van der Waals surface area contributed by atoms with Gasteiger partial charge in [0.25, 0.3) is 0 Å². The smallest absolute Gasteiger partial charge is 0.103 e. The van der Waals surface area contributed by atoms with Crippen molar-refractivity contribution in [2.24, 2.45) is 21.9 Å². The first-order chi connectivity index (χ1) is 5.50. The summed E-state index contributed by atoms with van der Waals surface area (Å²) >= 11 is 0. The second-order valence-electron chi connectivity index (χ2n) is 5.42. The minimum absolute atomic E-state index is 0.0590. The van der Waals surface area contributed by atoms with Crippen LogP contribution < -0.4 is 0 Å². The van der Waals surface area contributed by atoms with Crippen LogP contribution in [-0.2, 0) is 0 Å². The molecule has 0 aliphatic heterocycles. The molecule has 2 heteroatoms. The Morgan fingerprint density at radius 2 is 2.00 bits per heavy atom. The van der Waals surface area contributed by atoms with Crippen LogP contribution in [0.3, 0.4) is 0 Å². The quantitative estimate of drug-likeness (QED) is 0.552. The first-order valence-corrected chi connectivity index (χ1v) is 4.83. The molecule has 2 rings (SSSR count). The summed E-state index contributed by atoms with van der Waals surface area (Å²) in [7, 11) is 0. The van der Waals surface area contributed by atoms with Gasteiger partial charge in [-0.1, -0.05) is 25.9 Å². The van der Waals surface area contributed by atoms with Crippen molar-refractivity contribution >= 4 is 0 Å². The van der Waals surface area contributed by atoms with Crippen molar-refractivity contribution in [3.05, 3.63) is 4.91 Å². The Bertz CT molecular complexity index is 219. The molecule has 0 aromatic heterocycles. The summed E-state index contributed by atoms with van der Waals surface area (Å²) in [5.41, 5.74) is 0.394. The topological polar surface area (TPSA) is 29.4 Å². The molecular formula is C10H17NO. The van der Waals surface area contributed by atoms with Crippen LogP contribution in [-0.4, -0.2) is 6.04 Å². The molecule has 0 saturated heterocycles. The lowest BCUT2D eigenvalue weighted by Crippen LogP contribution is -2.38. The third kappa shape index (κ3) is 0.758. The predicted octanol–water partition coefficient (Wildman–Crippen LogP) is 2.97. The average Bonchev–Trinajstić information content (AvgIpc) is 2.39. The summed E-state index contributed by atoms with van der Waals surface area (Å²) in [6, 6.07) is 0.0590. The Morgan fingerprint density at radius 1 is 1.33 bits per heavy atom. The van der Waals surface area contributed by atoms with E-state index in [1.54, 1.807) is 0 Å². The zero-order valence-corrected chi connectivity index (χ0v) is 8.13. The summed E-state index contributed by atoms with van der Waals surface area (Å²) in [6.07, 6.45) is 3.73. The number of fused-ring (bicyclic) bond motifs is 2. The highest BCUT2D eigenvalue weighted by molar-refractivity contribution is 5.11. The summed E-state index contributed by atoms with van der Waals surface area (Å²) in [5, 5.41) is 3.34. The Labute approximate surface area is 73.7 Å². The van der Waals surface area contributed by atoms with Gasteiger partial charge in [-0.3, -0.25) is 0 Å². The van der Waals surface area contributed by atoms with Gasteiger partial charge in [0.1, 0.15) is 6.04 Å². The van der Waals surface area contributed by atoms with Gasteiger partial charge in [0.15, 0.2) is 0 Å². The average molecular weight is 167 g/mol. The van der Waals surface area contributed by atoms with Gasteiger partial charge in [-0.15, -0.1) is 0 Å². The Hall–Kier alpha value is -0.400. The van der Waals surface area contributed by atoms with E-state index in [2.05, 4.69) is 25.9 Å². The van der Waals surface area contributed by atoms with Crippen LogP contribution >= 0.6 is 0 Å². The molecule has 3 unspecified atom stereocenters. The molecule has 0 spiro atoms. The molecule has 0 radical (unpaired) electrons. The molecule has 0 heterocycles. The second-order valence-corrected chi connectivity index (χ2v) is 5.42. The molecule has 0 aromatic rings. The Morgan fingerprint density at radius 3 is 2.33 bits per heavy atom. The normalized spacial score (nSPS) is 49.6. The van der Waals surface area contributed by atoms with Crippen molar-refractivity contribution in [3.63, 3.8) is 0 Å². The van der Waals surface area contributed by atoms with Crippen LogP contribution in [0.5, 0.6) is 0 Å². The number of hydrogen-bond acceptors (Lipinski definition) is 2. The van der Waals surface area contributed by atoms with E-state index in [0.717, 1.165) is 5.92 Å². The fraction of sp³-hybridized carbons (Fsp3) is 1.00. The monoisotopic (exact) mass is 167 g/mol. The Balaban J connectivity index is 2.37. The lowest BCUT2D eigenvalue weighted by Gasteiger charge is -2.37. The van der Waals surface area contributed by atoms with Crippen LogP contribution in [0, 0.1) is 21.7 Å². The van der Waals surface area contributed by atoms with Crippen molar-refractivity contribution in [1.29, 1.82) is 0 Å². The number of rotatable bonds is 1. The molecule has 3 atom stereocenters. The first-order valence-electron chi connectivity index (χ1n) is 4.83. The van der Waals surface area contributed by atoms with E-state index in [1.807, 2.05) is 0 Å². The summed E-state index contributed by atoms with van der Waals surface area (Å²) in [4.78, 5) is 10.8. The molecule has 2 saturated carbocycles. The van der Waals surface area contributed by atoms with Gasteiger partial charge < -0.3 is 0 Å². The standard InChI is InChI=1S/C10H17NO/c1-9(2)7-4-5-10(3,6-7)8(9)11-12/h7-8H,4-6H2,1-3H3. The van der Waals surface area contributed by atoms with Crippen molar-refractivity contribution < 1.29 is 0 Å². The zero-order chi connectivity index (χ0) is 8.98. The molecule has 68 valence electrons. The maximum atomic E-state index is 10.8. The lowest BCUT2D eigenvalue weighted by atomic mass is 9.69. The summed E-state index contributed by atoms with van der Waals surface area (Å²) < 4.78 is 0. The van der Waals surface area contributed by atoms with E-state index >= 15 is 0 Å². The summed E-state index contributed by atoms with van der Waals surface area (Å²) in [5.74, 6) is 0.741. The van der Waals surface area contributed by atoms with Gasteiger partial charge in [0.05, 0.1) is 0 Å². The first kappa shape index (κ1) is 8.21. The third-order valence-electron chi connectivity index (χ3n) is 4.30. The van der Waals surface area contributed by atoms with E-state index in [0.29, 0.717) is 0 Å². The van der Waals surface area contributed by atoms with Gasteiger partial charge >= 0.3 is 0 Å². The van der Waals surface area contributed by atoms with Gasteiger partial charge in [-0.25, -0.2) is 0 Å². The molecule has 0 N–H and O–H groups in total. The second kappa shape index (κ2) is 2.09. The third-order valence-corrected chi connectivity index (χ3v) is 4.30. The number of hydrogen-bond donors (Lipinski definition) is 0. The number of nitroso groups, excluding NO2 is 1. The molecule has 2 fully saturated rings. The fourth-order valence-electron chi connectivity index (χ4n) is 3.54. The van der Waals surface area contributed by atoms with Crippen LogP contribution in [0.2, 0.25) is 0 Å². The van der Waals surface area contributed by atoms with Crippen molar-refractivity contribution in [3.8, 4) is 0 Å². The van der Waals surface area contributed by atoms with Crippen molar-refractivity contribution in [1.82, 2.24) is 0 Å². The van der Waals surface area contributed by atoms with Crippen molar-refractivity contribution in [2.45, 2.75) is 46.1 Å². The maximum Gasteiger partial charge on any atom is 0.103 e. The molecule has 0 amide bonds. The van der Waals surface area contributed by atoms with Crippen LogP contribution in [0.1, 0.15) is 40.0 Å². The molecule has 2 aliphatic carbocycles. The molecule has 2 aliphatic rings. The highest BCUT2D eigenvalue weighted by Gasteiger charge is 2.60. The van der Waals surface area contributed by atoms with E-state index in [1.165, 1.54) is 19.3 Å². The van der Waals surface area contributed by atoms with E-state index in [4.69, 9.17) is 0 Å². The van der Waals surface area contributed by atoms with Gasteiger partial charge in [-0.05, 0) is 36.0 Å². The molecular weight excluding hydrogens is 150 g/mol. The van der Waals surface area contributed by atoms with E-state index < -0.39 is 0 Å². The van der Waals surface area contributed by atoms with Crippen LogP contribution in [0.4, 0.5) is 0 Å². The number of nitrogens with zero attached hydrogens (tertiary/aromatic N) is 1. The van der Waals surface area contributed by atoms with Gasteiger partial charge in [-0.2, -0.15) is 4.91 Å².